The molecule has 0 spiro atoms. The van der Waals surface area contributed by atoms with Crippen molar-refractivity contribution in [3.8, 4) is 0 Å². The van der Waals surface area contributed by atoms with Crippen molar-refractivity contribution in [2.45, 2.75) is 19.4 Å². The molecule has 0 amide bonds. The molecule has 0 aliphatic carbocycles. The molecular formula is C8H12BBrO2. The van der Waals surface area contributed by atoms with E-state index in [1.165, 1.54) is 0 Å². The van der Waals surface area contributed by atoms with Gasteiger partial charge in [0.05, 0.1) is 17.2 Å². The summed E-state index contributed by atoms with van der Waals surface area (Å²) < 4.78 is 0. The molecule has 12 heavy (non-hydrogen) atoms. The highest BCUT2D eigenvalue weighted by atomic mass is 79.9. The van der Waals surface area contributed by atoms with Crippen LogP contribution in [-0.2, 0) is 0 Å². The third kappa shape index (κ3) is 4.62. The molecule has 0 heterocycles. The lowest BCUT2D eigenvalue weighted by molar-refractivity contribution is 0.223. The van der Waals surface area contributed by atoms with Crippen LogP contribution in [0, 0.1) is 0 Å². The standard InChI is InChI=1S/C8H12BBrO2/c1-2-3-6(11)4-7(9)8(12)5-10/h2-3,6,11-12H,4-5H2,1H3/b3-2?,8-7-. The smallest absolute Gasteiger partial charge is 0.112 e. The van der Waals surface area contributed by atoms with E-state index < -0.39 is 6.10 Å². The van der Waals surface area contributed by atoms with Crippen LogP contribution in [0.15, 0.2) is 23.4 Å². The number of alkyl halides is 1. The number of rotatable bonds is 4. The normalized spacial score (nSPS) is 16.2. The molecule has 4 heteroatoms. The second-order valence-corrected chi connectivity index (χ2v) is 2.96. The van der Waals surface area contributed by atoms with Crippen LogP contribution in [0.1, 0.15) is 13.3 Å². The Morgan fingerprint density at radius 2 is 2.25 bits per heavy atom. The van der Waals surface area contributed by atoms with E-state index in [0.717, 1.165) is 0 Å². The van der Waals surface area contributed by atoms with Crippen LogP contribution in [0.3, 0.4) is 0 Å². The first-order chi connectivity index (χ1) is 5.61. The fourth-order valence-corrected chi connectivity index (χ4v) is 1.08. The number of hydrogen-bond acceptors (Lipinski definition) is 2. The molecule has 0 bridgehead atoms. The topological polar surface area (TPSA) is 40.5 Å². The van der Waals surface area contributed by atoms with Gasteiger partial charge in [0.1, 0.15) is 7.85 Å². The highest BCUT2D eigenvalue weighted by Crippen LogP contribution is 2.08. The Morgan fingerprint density at radius 3 is 2.67 bits per heavy atom. The Balaban J connectivity index is 4.07. The maximum Gasteiger partial charge on any atom is 0.112 e. The summed E-state index contributed by atoms with van der Waals surface area (Å²) in [6.07, 6.45) is 3.01. The molecule has 66 valence electrons. The van der Waals surface area contributed by atoms with E-state index in [1.807, 2.05) is 6.92 Å². The predicted octanol–water partition coefficient (Wildman–Crippen LogP) is 1.65. The maximum atomic E-state index is 9.24. The minimum Gasteiger partial charge on any atom is -0.512 e. The molecule has 2 radical (unpaired) electrons. The summed E-state index contributed by atoms with van der Waals surface area (Å²) in [5.41, 5.74) is 0.317. The average Bonchev–Trinajstić information content (AvgIpc) is 2.03. The van der Waals surface area contributed by atoms with Gasteiger partial charge in [-0.1, -0.05) is 33.6 Å². The minimum absolute atomic E-state index is 0.0820. The molecule has 0 saturated heterocycles. The average molecular weight is 231 g/mol. The molecule has 0 fully saturated rings. The summed E-state index contributed by atoms with van der Waals surface area (Å²) >= 11 is 3.06. The molecule has 0 rings (SSSR count). The summed E-state index contributed by atoms with van der Waals surface area (Å²) in [5, 5.41) is 18.7. The Morgan fingerprint density at radius 1 is 1.67 bits per heavy atom. The Hall–Kier alpha value is -0.215. The van der Waals surface area contributed by atoms with Crippen LogP contribution in [0.2, 0.25) is 0 Å². The lowest BCUT2D eigenvalue weighted by atomic mass is 9.89. The lowest BCUT2D eigenvalue weighted by Crippen LogP contribution is -2.06. The zero-order valence-corrected chi connectivity index (χ0v) is 8.58. The molecule has 0 aromatic rings. The quantitative estimate of drug-likeness (QED) is 0.334. The van der Waals surface area contributed by atoms with Crippen LogP contribution in [-0.4, -0.2) is 29.5 Å². The van der Waals surface area contributed by atoms with E-state index in [9.17, 15) is 5.11 Å². The van der Waals surface area contributed by atoms with Crippen molar-refractivity contribution in [1.82, 2.24) is 0 Å². The molecule has 2 N–H and O–H groups in total. The monoisotopic (exact) mass is 230 g/mol. The predicted molar refractivity (Wildman–Crippen MR) is 54.6 cm³/mol. The first-order valence-corrected chi connectivity index (χ1v) is 4.77. The molecular weight excluding hydrogens is 219 g/mol. The molecule has 1 unspecified atom stereocenters. The van der Waals surface area contributed by atoms with Gasteiger partial charge < -0.3 is 10.2 Å². The van der Waals surface area contributed by atoms with Gasteiger partial charge in [0.25, 0.3) is 0 Å². The summed E-state index contributed by atoms with van der Waals surface area (Å²) in [6.45, 7) is 1.81. The van der Waals surface area contributed by atoms with Crippen molar-refractivity contribution < 1.29 is 10.2 Å². The fourth-order valence-electron chi connectivity index (χ4n) is 0.719. The molecule has 0 aromatic carbocycles. The minimum atomic E-state index is -0.615. The Kier molecular flexibility index (Phi) is 6.20. The fraction of sp³-hybridized carbons (Fsp3) is 0.500. The lowest BCUT2D eigenvalue weighted by Gasteiger charge is -2.07. The molecule has 0 aliphatic heterocycles. The van der Waals surface area contributed by atoms with Gasteiger partial charge >= 0.3 is 0 Å². The summed E-state index contributed by atoms with van der Waals surface area (Å²) in [5.74, 6) is 0.0820. The van der Waals surface area contributed by atoms with Crippen LogP contribution in [0.5, 0.6) is 0 Å². The third-order valence-corrected chi connectivity index (χ3v) is 1.87. The summed E-state index contributed by atoms with van der Waals surface area (Å²) in [7, 11) is 5.46. The van der Waals surface area contributed by atoms with E-state index in [0.29, 0.717) is 10.8 Å². The van der Waals surface area contributed by atoms with Gasteiger partial charge in [0, 0.05) is 0 Å². The molecule has 0 saturated carbocycles. The number of aliphatic hydroxyl groups is 2. The number of halogens is 1. The van der Waals surface area contributed by atoms with Gasteiger partial charge in [0.2, 0.25) is 0 Å². The van der Waals surface area contributed by atoms with Gasteiger partial charge in [-0.25, -0.2) is 0 Å². The van der Waals surface area contributed by atoms with Crippen molar-refractivity contribution in [3.05, 3.63) is 23.4 Å². The Bertz CT molecular complexity index is 189. The van der Waals surface area contributed by atoms with Crippen LogP contribution in [0.4, 0.5) is 0 Å². The zero-order valence-electron chi connectivity index (χ0n) is 7.00. The SMILES string of the molecule is [B]/C(CC(O)C=CC)=C(\O)CBr. The molecule has 1 atom stereocenters. The second kappa shape index (κ2) is 6.32. The van der Waals surface area contributed by atoms with Gasteiger partial charge in [0.15, 0.2) is 0 Å². The van der Waals surface area contributed by atoms with Crippen molar-refractivity contribution >= 4 is 23.8 Å². The van der Waals surface area contributed by atoms with E-state index in [-0.39, 0.29) is 12.2 Å². The van der Waals surface area contributed by atoms with Gasteiger partial charge in [-0.05, 0) is 13.3 Å². The van der Waals surface area contributed by atoms with Gasteiger partial charge in [-0.2, -0.15) is 0 Å². The molecule has 0 aliphatic rings. The summed E-state index contributed by atoms with van der Waals surface area (Å²) in [4.78, 5) is 0. The van der Waals surface area contributed by atoms with Crippen molar-refractivity contribution in [2.75, 3.05) is 5.33 Å². The van der Waals surface area contributed by atoms with E-state index in [4.69, 9.17) is 13.0 Å². The first-order valence-electron chi connectivity index (χ1n) is 3.65. The van der Waals surface area contributed by atoms with E-state index in [1.54, 1.807) is 12.2 Å². The highest BCUT2D eigenvalue weighted by molar-refractivity contribution is 9.09. The highest BCUT2D eigenvalue weighted by Gasteiger charge is 2.03. The van der Waals surface area contributed by atoms with E-state index in [2.05, 4.69) is 15.9 Å². The third-order valence-electron chi connectivity index (χ3n) is 1.34. The number of aliphatic hydroxyl groups excluding tert-OH is 2. The van der Waals surface area contributed by atoms with Crippen molar-refractivity contribution in [3.63, 3.8) is 0 Å². The zero-order chi connectivity index (χ0) is 9.56. The molecule has 2 nitrogen and oxygen atoms in total. The van der Waals surface area contributed by atoms with Crippen molar-refractivity contribution in [1.29, 1.82) is 0 Å². The number of hydrogen-bond donors (Lipinski definition) is 2. The number of allylic oxidation sites excluding steroid dienone is 2. The van der Waals surface area contributed by atoms with Crippen LogP contribution in [0.25, 0.3) is 0 Å². The van der Waals surface area contributed by atoms with Crippen LogP contribution < -0.4 is 0 Å². The largest absolute Gasteiger partial charge is 0.512 e. The second-order valence-electron chi connectivity index (χ2n) is 2.40. The molecule has 0 aromatic heterocycles. The van der Waals surface area contributed by atoms with E-state index >= 15 is 0 Å². The maximum absolute atomic E-state index is 9.24. The van der Waals surface area contributed by atoms with Crippen molar-refractivity contribution in [2.24, 2.45) is 0 Å². The first kappa shape index (κ1) is 11.8. The Labute approximate surface area is 82.5 Å². The van der Waals surface area contributed by atoms with Gasteiger partial charge in [-0.3, -0.25) is 0 Å². The van der Waals surface area contributed by atoms with Gasteiger partial charge in [-0.15, -0.1) is 0 Å². The van der Waals surface area contributed by atoms with Crippen LogP contribution >= 0.6 is 15.9 Å². The summed E-state index contributed by atoms with van der Waals surface area (Å²) in [6, 6.07) is 0.